The first-order chi connectivity index (χ1) is 11.1. The van der Waals surface area contributed by atoms with Gasteiger partial charge in [0.25, 0.3) is 0 Å². The number of ether oxygens (including phenoxy) is 3. The highest BCUT2D eigenvalue weighted by Gasteiger charge is 2.14. The Labute approximate surface area is 144 Å². The molecular formula is C17H18BrNO4. The molecule has 0 N–H and O–H groups in total. The monoisotopic (exact) mass is 379 g/mol. The Morgan fingerprint density at radius 2 is 2.04 bits per heavy atom. The van der Waals surface area contributed by atoms with Crippen molar-refractivity contribution < 1.29 is 19.0 Å². The van der Waals surface area contributed by atoms with Crippen LogP contribution in [0.15, 0.2) is 34.8 Å². The Morgan fingerprint density at radius 1 is 1.35 bits per heavy atom. The number of nitrogens with zero attached hydrogens (tertiary/aromatic N) is 1. The zero-order valence-corrected chi connectivity index (χ0v) is 14.7. The van der Waals surface area contributed by atoms with Gasteiger partial charge in [-0.3, -0.25) is 0 Å². The summed E-state index contributed by atoms with van der Waals surface area (Å²) in [5.74, 6) is 0.418. The minimum absolute atomic E-state index is 0.0506. The van der Waals surface area contributed by atoms with Gasteiger partial charge in [-0.05, 0) is 53.5 Å². The van der Waals surface area contributed by atoms with E-state index in [-0.39, 0.29) is 12.2 Å². The Bertz CT molecular complexity index is 647. The SMILES string of the molecule is C=CCOC(=O)/C(C#N)=C/c1cc(Br)c(OCC)c(OCC)c1. The maximum atomic E-state index is 11.8. The number of nitriles is 1. The van der Waals surface area contributed by atoms with Crippen molar-refractivity contribution in [2.75, 3.05) is 19.8 Å². The molecule has 0 fully saturated rings. The van der Waals surface area contributed by atoms with Crippen LogP contribution >= 0.6 is 15.9 Å². The lowest BCUT2D eigenvalue weighted by Gasteiger charge is -2.13. The van der Waals surface area contributed by atoms with E-state index in [1.807, 2.05) is 19.9 Å². The molecule has 0 aliphatic rings. The minimum atomic E-state index is -0.699. The largest absolute Gasteiger partial charge is 0.490 e. The Hall–Kier alpha value is -2.26. The van der Waals surface area contributed by atoms with E-state index >= 15 is 0 Å². The molecule has 1 rings (SSSR count). The number of esters is 1. The molecule has 0 atom stereocenters. The molecule has 0 bridgehead atoms. The fraction of sp³-hybridized carbons (Fsp3) is 0.294. The summed E-state index contributed by atoms with van der Waals surface area (Å²) >= 11 is 3.41. The van der Waals surface area contributed by atoms with Crippen LogP contribution in [0.2, 0.25) is 0 Å². The maximum absolute atomic E-state index is 11.8. The third-order valence-corrected chi connectivity index (χ3v) is 3.19. The molecule has 6 heteroatoms. The lowest BCUT2D eigenvalue weighted by atomic mass is 10.1. The second kappa shape index (κ2) is 9.70. The molecule has 0 saturated heterocycles. The van der Waals surface area contributed by atoms with Gasteiger partial charge in [-0.2, -0.15) is 5.26 Å². The number of rotatable bonds is 8. The van der Waals surface area contributed by atoms with Crippen LogP contribution < -0.4 is 9.47 Å². The van der Waals surface area contributed by atoms with Crippen LogP contribution in [0.5, 0.6) is 11.5 Å². The molecule has 0 aromatic heterocycles. The molecule has 0 saturated carbocycles. The smallest absolute Gasteiger partial charge is 0.349 e. The molecule has 0 heterocycles. The standard InChI is InChI=1S/C17H18BrNO4/c1-4-7-23-17(20)13(11-19)8-12-9-14(18)16(22-6-3)15(10-12)21-5-2/h4,8-10H,1,5-7H2,2-3H3/b13-8+. The van der Waals surface area contributed by atoms with Gasteiger partial charge in [0.15, 0.2) is 11.5 Å². The van der Waals surface area contributed by atoms with Crippen molar-refractivity contribution in [2.45, 2.75) is 13.8 Å². The quantitative estimate of drug-likeness (QED) is 0.296. The van der Waals surface area contributed by atoms with Crippen molar-refractivity contribution >= 4 is 28.0 Å². The Morgan fingerprint density at radius 3 is 2.61 bits per heavy atom. The van der Waals surface area contributed by atoms with Crippen LogP contribution in [-0.2, 0) is 9.53 Å². The summed E-state index contributed by atoms with van der Waals surface area (Å²) in [5.41, 5.74) is 0.515. The first-order valence-corrected chi connectivity index (χ1v) is 7.85. The third kappa shape index (κ3) is 5.46. The maximum Gasteiger partial charge on any atom is 0.349 e. The zero-order valence-electron chi connectivity index (χ0n) is 13.1. The molecular weight excluding hydrogens is 362 g/mol. The predicted octanol–water partition coefficient (Wildman–Crippen LogP) is 3.88. The number of benzene rings is 1. The average Bonchev–Trinajstić information content (AvgIpc) is 2.53. The lowest BCUT2D eigenvalue weighted by molar-refractivity contribution is -0.137. The molecule has 0 radical (unpaired) electrons. The number of carbonyl (C=O) groups excluding carboxylic acids is 1. The molecule has 23 heavy (non-hydrogen) atoms. The molecule has 5 nitrogen and oxygen atoms in total. The van der Waals surface area contributed by atoms with Gasteiger partial charge >= 0.3 is 5.97 Å². The van der Waals surface area contributed by atoms with Gasteiger partial charge in [0, 0.05) is 0 Å². The summed E-state index contributed by atoms with van der Waals surface area (Å²) < 4.78 is 16.6. The number of carbonyl (C=O) groups is 1. The number of hydrogen-bond donors (Lipinski definition) is 0. The Balaban J connectivity index is 3.21. The number of halogens is 1. The van der Waals surface area contributed by atoms with E-state index in [0.29, 0.717) is 34.7 Å². The van der Waals surface area contributed by atoms with Crippen molar-refractivity contribution in [1.29, 1.82) is 5.26 Å². The van der Waals surface area contributed by atoms with E-state index in [0.717, 1.165) is 0 Å². The molecule has 0 aliphatic carbocycles. The molecule has 1 aromatic carbocycles. The highest BCUT2D eigenvalue weighted by Crippen LogP contribution is 2.37. The summed E-state index contributed by atoms with van der Waals surface area (Å²) in [6, 6.07) is 5.28. The Kier molecular flexibility index (Phi) is 7.92. The second-order valence-electron chi connectivity index (χ2n) is 4.25. The van der Waals surface area contributed by atoms with Gasteiger partial charge in [0.1, 0.15) is 18.2 Å². The minimum Gasteiger partial charge on any atom is -0.490 e. The van der Waals surface area contributed by atoms with Crippen molar-refractivity contribution in [3.05, 3.63) is 40.4 Å². The first-order valence-electron chi connectivity index (χ1n) is 7.06. The highest BCUT2D eigenvalue weighted by atomic mass is 79.9. The van der Waals surface area contributed by atoms with Crippen LogP contribution in [-0.4, -0.2) is 25.8 Å². The highest BCUT2D eigenvalue weighted by molar-refractivity contribution is 9.10. The topological polar surface area (TPSA) is 68.6 Å². The predicted molar refractivity (Wildman–Crippen MR) is 91.2 cm³/mol. The number of hydrogen-bond acceptors (Lipinski definition) is 5. The first kappa shape index (κ1) is 18.8. The molecule has 0 unspecified atom stereocenters. The van der Waals surface area contributed by atoms with Gasteiger partial charge in [-0.1, -0.05) is 12.7 Å². The molecule has 0 amide bonds. The van der Waals surface area contributed by atoms with Crippen molar-refractivity contribution in [3.8, 4) is 17.6 Å². The summed E-state index contributed by atoms with van der Waals surface area (Å²) in [4.78, 5) is 11.8. The van der Waals surface area contributed by atoms with Crippen molar-refractivity contribution in [3.63, 3.8) is 0 Å². The molecule has 0 spiro atoms. The molecule has 122 valence electrons. The summed E-state index contributed by atoms with van der Waals surface area (Å²) in [7, 11) is 0. The van der Waals surface area contributed by atoms with Gasteiger partial charge in [0.2, 0.25) is 0 Å². The fourth-order valence-electron chi connectivity index (χ4n) is 1.73. The van der Waals surface area contributed by atoms with Crippen LogP contribution in [0, 0.1) is 11.3 Å². The van der Waals surface area contributed by atoms with Crippen molar-refractivity contribution in [2.24, 2.45) is 0 Å². The summed E-state index contributed by atoms with van der Waals surface area (Å²) in [5, 5.41) is 9.13. The van der Waals surface area contributed by atoms with Crippen molar-refractivity contribution in [1.82, 2.24) is 0 Å². The lowest BCUT2D eigenvalue weighted by Crippen LogP contribution is -2.06. The van der Waals surface area contributed by atoms with E-state index in [1.165, 1.54) is 12.2 Å². The van der Waals surface area contributed by atoms with Gasteiger partial charge in [-0.15, -0.1) is 0 Å². The van der Waals surface area contributed by atoms with E-state index < -0.39 is 5.97 Å². The average molecular weight is 380 g/mol. The second-order valence-corrected chi connectivity index (χ2v) is 5.11. The van der Waals surface area contributed by atoms with E-state index in [2.05, 4.69) is 22.5 Å². The van der Waals surface area contributed by atoms with Crippen LogP contribution in [0.3, 0.4) is 0 Å². The molecule has 1 aromatic rings. The summed E-state index contributed by atoms with van der Waals surface area (Å²) in [6.45, 7) is 8.20. The fourth-order valence-corrected chi connectivity index (χ4v) is 2.31. The van der Waals surface area contributed by atoms with E-state index in [9.17, 15) is 4.79 Å². The summed E-state index contributed by atoms with van der Waals surface area (Å²) in [6.07, 6.45) is 2.88. The third-order valence-electron chi connectivity index (χ3n) is 2.60. The van der Waals surface area contributed by atoms with Crippen LogP contribution in [0.1, 0.15) is 19.4 Å². The van der Waals surface area contributed by atoms with Crippen LogP contribution in [0.4, 0.5) is 0 Å². The normalized spacial score (nSPS) is 10.6. The van der Waals surface area contributed by atoms with Gasteiger partial charge < -0.3 is 14.2 Å². The van der Waals surface area contributed by atoms with Gasteiger partial charge in [-0.25, -0.2) is 4.79 Å². The zero-order chi connectivity index (χ0) is 17.2. The van der Waals surface area contributed by atoms with E-state index in [1.54, 1.807) is 12.1 Å². The molecule has 0 aliphatic heterocycles. The van der Waals surface area contributed by atoms with Gasteiger partial charge in [0.05, 0.1) is 17.7 Å². The van der Waals surface area contributed by atoms with E-state index in [4.69, 9.17) is 19.5 Å². The van der Waals surface area contributed by atoms with Crippen LogP contribution in [0.25, 0.3) is 6.08 Å².